The van der Waals surface area contributed by atoms with Crippen molar-refractivity contribution in [3.8, 4) is 5.75 Å². The van der Waals surface area contributed by atoms with Crippen molar-refractivity contribution in [2.45, 2.75) is 44.6 Å². The van der Waals surface area contributed by atoms with E-state index in [4.69, 9.17) is 0 Å². The van der Waals surface area contributed by atoms with E-state index in [2.05, 4.69) is 0 Å². The van der Waals surface area contributed by atoms with Crippen LogP contribution in [-0.4, -0.2) is 10.2 Å². The second kappa shape index (κ2) is 3.86. The van der Waals surface area contributed by atoms with Gasteiger partial charge in [0.25, 0.3) is 0 Å². The first-order chi connectivity index (χ1) is 7.13. The Labute approximate surface area is 90.6 Å². The molecular formula is C13H18O2. The topological polar surface area (TPSA) is 40.5 Å². The molecule has 2 rings (SSSR count). The highest BCUT2D eigenvalue weighted by Gasteiger charge is 2.33. The smallest absolute Gasteiger partial charge is 0.124 e. The summed E-state index contributed by atoms with van der Waals surface area (Å²) in [6.07, 6.45) is 4.82. The van der Waals surface area contributed by atoms with E-state index in [0.717, 1.165) is 31.2 Å². The van der Waals surface area contributed by atoms with Gasteiger partial charge in [-0.15, -0.1) is 0 Å². The number of hydrogen-bond donors (Lipinski definition) is 2. The molecule has 2 nitrogen and oxygen atoms in total. The highest BCUT2D eigenvalue weighted by Crippen LogP contribution is 2.41. The van der Waals surface area contributed by atoms with Crippen molar-refractivity contribution < 1.29 is 10.2 Å². The van der Waals surface area contributed by atoms with Gasteiger partial charge in [0.1, 0.15) is 5.75 Å². The Kier molecular flexibility index (Phi) is 2.70. The molecule has 0 radical (unpaired) electrons. The number of aliphatic hydroxyl groups is 1. The van der Waals surface area contributed by atoms with Gasteiger partial charge in [-0.3, -0.25) is 0 Å². The maximum absolute atomic E-state index is 10.5. The molecular weight excluding hydrogens is 188 g/mol. The summed E-state index contributed by atoms with van der Waals surface area (Å²) in [5.74, 6) is 0.266. The minimum Gasteiger partial charge on any atom is -0.507 e. The van der Waals surface area contributed by atoms with E-state index in [1.807, 2.05) is 25.1 Å². The zero-order chi connectivity index (χ0) is 10.9. The van der Waals surface area contributed by atoms with Gasteiger partial charge < -0.3 is 10.2 Å². The first-order valence-corrected chi connectivity index (χ1v) is 5.65. The molecule has 0 saturated heterocycles. The summed E-state index contributed by atoms with van der Waals surface area (Å²) in [5.41, 5.74) is 0.752. The largest absolute Gasteiger partial charge is 0.507 e. The minimum atomic E-state index is -0.797. The molecule has 15 heavy (non-hydrogen) atoms. The van der Waals surface area contributed by atoms with Crippen molar-refractivity contribution in [1.29, 1.82) is 0 Å². The normalized spacial score (nSPS) is 20.1. The molecule has 0 amide bonds. The number of rotatable bonds is 1. The molecule has 0 aromatic heterocycles. The van der Waals surface area contributed by atoms with Crippen LogP contribution < -0.4 is 0 Å². The van der Waals surface area contributed by atoms with E-state index >= 15 is 0 Å². The lowest BCUT2D eigenvalue weighted by atomic mass is 9.79. The van der Waals surface area contributed by atoms with Gasteiger partial charge in [0.05, 0.1) is 5.60 Å². The van der Waals surface area contributed by atoms with E-state index in [1.165, 1.54) is 6.42 Å². The van der Waals surface area contributed by atoms with Crippen molar-refractivity contribution >= 4 is 0 Å². The molecule has 2 N–H and O–H groups in total. The Bertz CT molecular complexity index is 352. The van der Waals surface area contributed by atoms with E-state index in [1.54, 1.807) is 0 Å². The first-order valence-electron chi connectivity index (χ1n) is 5.65. The van der Waals surface area contributed by atoms with Gasteiger partial charge in [-0.2, -0.15) is 0 Å². The monoisotopic (exact) mass is 206 g/mol. The highest BCUT2D eigenvalue weighted by molar-refractivity contribution is 5.43. The van der Waals surface area contributed by atoms with Crippen molar-refractivity contribution in [2.75, 3.05) is 0 Å². The van der Waals surface area contributed by atoms with E-state index in [0.29, 0.717) is 5.56 Å². The van der Waals surface area contributed by atoms with Gasteiger partial charge in [-0.1, -0.05) is 37.5 Å². The third kappa shape index (κ3) is 1.86. The quantitative estimate of drug-likeness (QED) is 0.741. The average Bonchev–Trinajstić information content (AvgIpc) is 2.23. The summed E-state index contributed by atoms with van der Waals surface area (Å²) in [5, 5.41) is 20.4. The molecule has 1 saturated carbocycles. The first kappa shape index (κ1) is 10.5. The predicted molar refractivity (Wildman–Crippen MR) is 59.8 cm³/mol. The molecule has 0 aliphatic heterocycles. The number of aryl methyl sites for hydroxylation is 1. The maximum Gasteiger partial charge on any atom is 0.124 e. The fraction of sp³-hybridized carbons (Fsp3) is 0.538. The van der Waals surface area contributed by atoms with Crippen LogP contribution in [0, 0.1) is 6.92 Å². The summed E-state index contributed by atoms with van der Waals surface area (Å²) in [4.78, 5) is 0. The lowest BCUT2D eigenvalue weighted by Gasteiger charge is -2.33. The lowest BCUT2D eigenvalue weighted by molar-refractivity contribution is -0.00259. The zero-order valence-corrected chi connectivity index (χ0v) is 9.16. The zero-order valence-electron chi connectivity index (χ0n) is 9.16. The molecule has 82 valence electrons. The molecule has 2 heteroatoms. The summed E-state index contributed by atoms with van der Waals surface area (Å²) in [6, 6.07) is 5.61. The lowest BCUT2D eigenvalue weighted by Crippen LogP contribution is -2.28. The Balaban J connectivity index is 2.39. The molecule has 1 aromatic rings. The third-order valence-electron chi connectivity index (χ3n) is 3.42. The number of phenols is 1. The molecule has 1 aliphatic carbocycles. The molecule has 1 aromatic carbocycles. The molecule has 0 bridgehead atoms. The van der Waals surface area contributed by atoms with Crippen LogP contribution in [0.4, 0.5) is 0 Å². The van der Waals surface area contributed by atoms with Crippen LogP contribution in [0.2, 0.25) is 0 Å². The molecule has 1 fully saturated rings. The van der Waals surface area contributed by atoms with Crippen LogP contribution in [0.25, 0.3) is 0 Å². The van der Waals surface area contributed by atoms with Crippen LogP contribution in [0.5, 0.6) is 5.75 Å². The van der Waals surface area contributed by atoms with Crippen LogP contribution in [0.1, 0.15) is 43.2 Å². The molecule has 0 unspecified atom stereocenters. The van der Waals surface area contributed by atoms with E-state index in [-0.39, 0.29) is 5.75 Å². The number of benzene rings is 1. The summed E-state index contributed by atoms with van der Waals surface area (Å²) >= 11 is 0. The number of aromatic hydroxyl groups is 1. The summed E-state index contributed by atoms with van der Waals surface area (Å²) < 4.78 is 0. The average molecular weight is 206 g/mol. The Morgan fingerprint density at radius 3 is 2.47 bits per heavy atom. The van der Waals surface area contributed by atoms with Crippen molar-refractivity contribution in [3.63, 3.8) is 0 Å². The number of para-hydroxylation sites is 1. The van der Waals surface area contributed by atoms with E-state index in [9.17, 15) is 10.2 Å². The Morgan fingerprint density at radius 1 is 1.13 bits per heavy atom. The van der Waals surface area contributed by atoms with Crippen molar-refractivity contribution in [1.82, 2.24) is 0 Å². The second-order valence-corrected chi connectivity index (χ2v) is 4.56. The second-order valence-electron chi connectivity index (χ2n) is 4.56. The van der Waals surface area contributed by atoms with Crippen molar-refractivity contribution in [2.24, 2.45) is 0 Å². The molecule has 0 atom stereocenters. The van der Waals surface area contributed by atoms with Crippen LogP contribution in [0.3, 0.4) is 0 Å². The summed E-state index contributed by atoms with van der Waals surface area (Å²) in [7, 11) is 0. The number of phenolic OH excluding ortho intramolecular Hbond substituents is 1. The molecule has 0 heterocycles. The molecule has 0 spiro atoms. The Hall–Kier alpha value is -1.02. The Morgan fingerprint density at radius 2 is 1.80 bits per heavy atom. The van der Waals surface area contributed by atoms with E-state index < -0.39 is 5.60 Å². The van der Waals surface area contributed by atoms with Gasteiger partial charge in [0.15, 0.2) is 0 Å². The number of hydrogen-bond acceptors (Lipinski definition) is 2. The van der Waals surface area contributed by atoms with Gasteiger partial charge in [-0.05, 0) is 25.3 Å². The van der Waals surface area contributed by atoms with Gasteiger partial charge in [-0.25, -0.2) is 0 Å². The predicted octanol–water partition coefficient (Wildman–Crippen LogP) is 2.85. The van der Waals surface area contributed by atoms with Crippen LogP contribution >= 0.6 is 0 Å². The highest BCUT2D eigenvalue weighted by atomic mass is 16.3. The van der Waals surface area contributed by atoms with Crippen LogP contribution in [0.15, 0.2) is 18.2 Å². The fourth-order valence-corrected chi connectivity index (χ4v) is 2.44. The standard InChI is InChI=1S/C13H18O2/c1-10-6-5-7-11(12(10)14)13(15)8-3-2-4-9-13/h5-7,14-15H,2-4,8-9H2,1H3. The SMILES string of the molecule is Cc1cccc(C2(O)CCCCC2)c1O. The third-order valence-corrected chi connectivity index (χ3v) is 3.42. The van der Waals surface area contributed by atoms with Crippen molar-refractivity contribution in [3.05, 3.63) is 29.3 Å². The van der Waals surface area contributed by atoms with Gasteiger partial charge >= 0.3 is 0 Å². The molecule has 1 aliphatic rings. The minimum absolute atomic E-state index is 0.266. The maximum atomic E-state index is 10.5. The van der Waals surface area contributed by atoms with Crippen LogP contribution in [-0.2, 0) is 5.60 Å². The summed E-state index contributed by atoms with van der Waals surface area (Å²) in [6.45, 7) is 1.87. The fourth-order valence-electron chi connectivity index (χ4n) is 2.44. The van der Waals surface area contributed by atoms with Gasteiger partial charge in [0.2, 0.25) is 0 Å². The van der Waals surface area contributed by atoms with Gasteiger partial charge in [0, 0.05) is 5.56 Å².